The van der Waals surface area contributed by atoms with Crippen LogP contribution >= 0.6 is 0 Å². The smallest absolute Gasteiger partial charge is 0.176 e. The average molecular weight is 163 g/mol. The summed E-state index contributed by atoms with van der Waals surface area (Å²) in [6, 6.07) is 2.14. The summed E-state index contributed by atoms with van der Waals surface area (Å²) in [5.74, 6) is 0.195. The molecule has 2 nitrogen and oxygen atoms in total. The van der Waals surface area contributed by atoms with Crippen molar-refractivity contribution in [1.82, 2.24) is 4.57 Å². The third kappa shape index (κ3) is 0.909. The Hall–Kier alpha value is -1.05. The van der Waals surface area contributed by atoms with Gasteiger partial charge in [-0.15, -0.1) is 0 Å². The fourth-order valence-corrected chi connectivity index (χ4v) is 2.10. The molecule has 0 radical (unpaired) electrons. The van der Waals surface area contributed by atoms with Gasteiger partial charge in [-0.2, -0.15) is 0 Å². The molecule has 64 valence electrons. The summed E-state index contributed by atoms with van der Waals surface area (Å²) >= 11 is 0. The van der Waals surface area contributed by atoms with Gasteiger partial charge in [0.05, 0.1) is 5.69 Å². The van der Waals surface area contributed by atoms with Gasteiger partial charge < -0.3 is 4.57 Å². The second kappa shape index (κ2) is 2.47. The monoisotopic (exact) mass is 163 g/mol. The first-order chi connectivity index (χ1) is 5.70. The highest BCUT2D eigenvalue weighted by Gasteiger charge is 2.18. The highest BCUT2D eigenvalue weighted by molar-refractivity contribution is 5.94. The lowest BCUT2D eigenvalue weighted by Crippen LogP contribution is -2.05. The SMILES string of the molecule is CC(=O)c1c(C)cc2n1CCC2. The van der Waals surface area contributed by atoms with Gasteiger partial charge in [0.1, 0.15) is 0 Å². The van der Waals surface area contributed by atoms with E-state index in [0.29, 0.717) is 0 Å². The highest BCUT2D eigenvalue weighted by atomic mass is 16.1. The van der Waals surface area contributed by atoms with Crippen LogP contribution < -0.4 is 0 Å². The number of fused-ring (bicyclic) bond motifs is 1. The maximum absolute atomic E-state index is 11.3. The van der Waals surface area contributed by atoms with Crippen molar-refractivity contribution in [1.29, 1.82) is 0 Å². The normalized spacial score (nSPS) is 14.8. The lowest BCUT2D eigenvalue weighted by molar-refractivity contribution is 0.100. The van der Waals surface area contributed by atoms with Gasteiger partial charge in [-0.3, -0.25) is 4.79 Å². The van der Waals surface area contributed by atoms with E-state index in [4.69, 9.17) is 0 Å². The quantitative estimate of drug-likeness (QED) is 0.580. The Morgan fingerprint density at radius 1 is 1.58 bits per heavy atom. The first-order valence-corrected chi connectivity index (χ1v) is 4.40. The zero-order valence-corrected chi connectivity index (χ0v) is 7.55. The van der Waals surface area contributed by atoms with Crippen LogP contribution in [0.15, 0.2) is 6.07 Å². The molecular formula is C10H13NO. The molecule has 12 heavy (non-hydrogen) atoms. The lowest BCUT2D eigenvalue weighted by atomic mass is 10.2. The third-order valence-electron chi connectivity index (χ3n) is 2.52. The fourth-order valence-electron chi connectivity index (χ4n) is 2.10. The number of hydrogen-bond donors (Lipinski definition) is 0. The van der Waals surface area contributed by atoms with Gasteiger partial charge in [-0.05, 0) is 31.4 Å². The van der Waals surface area contributed by atoms with E-state index >= 15 is 0 Å². The molecule has 2 heteroatoms. The van der Waals surface area contributed by atoms with Crippen LogP contribution in [0.25, 0.3) is 0 Å². The van der Waals surface area contributed by atoms with Crippen LogP contribution in [0, 0.1) is 6.92 Å². The molecule has 1 aromatic heterocycles. The van der Waals surface area contributed by atoms with E-state index in [1.54, 1.807) is 6.92 Å². The predicted molar refractivity (Wildman–Crippen MR) is 47.5 cm³/mol. The number of carbonyl (C=O) groups is 1. The standard InChI is InChI=1S/C10H13NO/c1-7-6-9-4-3-5-11(9)10(7)8(2)12/h6H,3-5H2,1-2H3. The zero-order valence-electron chi connectivity index (χ0n) is 7.55. The van der Waals surface area contributed by atoms with Crippen LogP contribution in [-0.4, -0.2) is 10.4 Å². The van der Waals surface area contributed by atoms with E-state index in [-0.39, 0.29) is 5.78 Å². The van der Waals surface area contributed by atoms with Crippen molar-refractivity contribution in [2.75, 3.05) is 0 Å². The van der Waals surface area contributed by atoms with E-state index in [1.807, 2.05) is 6.92 Å². The number of ketones is 1. The molecule has 0 spiro atoms. The lowest BCUT2D eigenvalue weighted by Gasteiger charge is -2.02. The molecular weight excluding hydrogens is 150 g/mol. The number of aromatic nitrogens is 1. The number of carbonyl (C=O) groups excluding carboxylic acids is 1. The number of aryl methyl sites for hydroxylation is 2. The molecule has 0 aromatic carbocycles. The van der Waals surface area contributed by atoms with Gasteiger partial charge in [0.2, 0.25) is 0 Å². The number of Topliss-reactive ketones (excluding diaryl/α,β-unsaturated/α-hetero) is 1. The first kappa shape index (κ1) is 7.59. The summed E-state index contributed by atoms with van der Waals surface area (Å²) in [4.78, 5) is 11.3. The molecule has 0 aliphatic carbocycles. The van der Waals surface area contributed by atoms with Crippen LogP contribution in [0.5, 0.6) is 0 Å². The molecule has 0 bridgehead atoms. The third-order valence-corrected chi connectivity index (χ3v) is 2.52. The van der Waals surface area contributed by atoms with Crippen molar-refractivity contribution < 1.29 is 4.79 Å². The topological polar surface area (TPSA) is 22.0 Å². The molecule has 1 aliphatic heterocycles. The van der Waals surface area contributed by atoms with Crippen LogP contribution in [0.3, 0.4) is 0 Å². The Morgan fingerprint density at radius 3 is 3.00 bits per heavy atom. The minimum absolute atomic E-state index is 0.195. The minimum atomic E-state index is 0.195. The van der Waals surface area contributed by atoms with Crippen LogP contribution in [0.2, 0.25) is 0 Å². The molecule has 0 saturated heterocycles. The first-order valence-electron chi connectivity index (χ1n) is 4.40. The predicted octanol–water partition coefficient (Wildman–Crippen LogP) is 1.95. The summed E-state index contributed by atoms with van der Waals surface area (Å²) in [5, 5.41) is 0. The molecule has 1 aromatic rings. The Kier molecular flexibility index (Phi) is 1.56. The molecule has 2 rings (SSSR count). The Labute approximate surface area is 72.2 Å². The van der Waals surface area contributed by atoms with Crippen molar-refractivity contribution >= 4 is 5.78 Å². The Balaban J connectivity index is 2.59. The molecule has 1 aliphatic rings. The number of rotatable bonds is 1. The van der Waals surface area contributed by atoms with Crippen molar-refractivity contribution in [2.24, 2.45) is 0 Å². The van der Waals surface area contributed by atoms with E-state index in [1.165, 1.54) is 12.1 Å². The minimum Gasteiger partial charge on any atom is -0.342 e. The van der Waals surface area contributed by atoms with Gasteiger partial charge in [0, 0.05) is 19.2 Å². The average Bonchev–Trinajstić information content (AvgIpc) is 2.44. The molecule has 0 saturated carbocycles. The van der Waals surface area contributed by atoms with Gasteiger partial charge in [0.25, 0.3) is 0 Å². The molecule has 0 atom stereocenters. The molecule has 0 amide bonds. The molecule has 0 N–H and O–H groups in total. The second-order valence-corrected chi connectivity index (χ2v) is 3.48. The van der Waals surface area contributed by atoms with E-state index < -0.39 is 0 Å². The van der Waals surface area contributed by atoms with Crippen molar-refractivity contribution in [3.05, 3.63) is 23.0 Å². The summed E-state index contributed by atoms with van der Waals surface area (Å²) in [6.45, 7) is 4.69. The number of nitrogens with zero attached hydrogens (tertiary/aromatic N) is 1. The van der Waals surface area contributed by atoms with E-state index in [0.717, 1.165) is 24.2 Å². The van der Waals surface area contributed by atoms with Crippen molar-refractivity contribution in [3.8, 4) is 0 Å². The van der Waals surface area contributed by atoms with Crippen molar-refractivity contribution in [3.63, 3.8) is 0 Å². The Morgan fingerprint density at radius 2 is 2.33 bits per heavy atom. The zero-order chi connectivity index (χ0) is 8.72. The van der Waals surface area contributed by atoms with Gasteiger partial charge >= 0.3 is 0 Å². The van der Waals surface area contributed by atoms with Crippen LogP contribution in [0.4, 0.5) is 0 Å². The maximum atomic E-state index is 11.3. The molecule has 2 heterocycles. The largest absolute Gasteiger partial charge is 0.342 e. The highest BCUT2D eigenvalue weighted by Crippen LogP contribution is 2.22. The van der Waals surface area contributed by atoms with Crippen LogP contribution in [0.1, 0.15) is 35.1 Å². The maximum Gasteiger partial charge on any atom is 0.176 e. The summed E-state index contributed by atoms with van der Waals surface area (Å²) < 4.78 is 2.16. The van der Waals surface area contributed by atoms with Crippen LogP contribution in [-0.2, 0) is 13.0 Å². The summed E-state index contributed by atoms with van der Waals surface area (Å²) in [6.07, 6.45) is 2.32. The summed E-state index contributed by atoms with van der Waals surface area (Å²) in [5.41, 5.74) is 3.39. The summed E-state index contributed by atoms with van der Waals surface area (Å²) in [7, 11) is 0. The van der Waals surface area contributed by atoms with Gasteiger partial charge in [0.15, 0.2) is 5.78 Å². The van der Waals surface area contributed by atoms with E-state index in [9.17, 15) is 4.79 Å². The number of hydrogen-bond acceptors (Lipinski definition) is 1. The van der Waals surface area contributed by atoms with Gasteiger partial charge in [-0.1, -0.05) is 0 Å². The molecule has 0 unspecified atom stereocenters. The van der Waals surface area contributed by atoms with E-state index in [2.05, 4.69) is 10.6 Å². The Bertz CT molecular complexity index is 336. The van der Waals surface area contributed by atoms with Gasteiger partial charge in [-0.25, -0.2) is 0 Å². The molecule has 0 fully saturated rings. The van der Waals surface area contributed by atoms with Crippen molar-refractivity contribution in [2.45, 2.75) is 33.2 Å². The second-order valence-electron chi connectivity index (χ2n) is 3.48. The fraction of sp³-hybridized carbons (Fsp3) is 0.500.